The average Bonchev–Trinajstić information content (AvgIpc) is 3.06. The van der Waals surface area contributed by atoms with Gasteiger partial charge in [-0.05, 0) is 18.2 Å². The zero-order valence-electron chi connectivity index (χ0n) is 14.2. The van der Waals surface area contributed by atoms with Crippen LogP contribution in [-0.4, -0.2) is 28.6 Å². The topological polar surface area (TPSA) is 68.6 Å². The summed E-state index contributed by atoms with van der Waals surface area (Å²) in [5.74, 6) is 1.05. The Bertz CT molecular complexity index is 1380. The first-order chi connectivity index (χ1) is 12.7. The van der Waals surface area contributed by atoms with E-state index in [1.807, 2.05) is 24.3 Å². The first-order valence-corrected chi connectivity index (χ1v) is 8.19. The Morgan fingerprint density at radius 3 is 2.54 bits per heavy atom. The van der Waals surface area contributed by atoms with E-state index in [0.717, 1.165) is 21.8 Å². The van der Waals surface area contributed by atoms with Gasteiger partial charge in [0.2, 0.25) is 0 Å². The van der Waals surface area contributed by atoms with Crippen molar-refractivity contribution in [1.82, 2.24) is 14.4 Å². The van der Waals surface area contributed by atoms with Gasteiger partial charge in [-0.15, -0.1) is 0 Å². The van der Waals surface area contributed by atoms with E-state index in [-0.39, 0.29) is 5.56 Å². The van der Waals surface area contributed by atoms with Crippen LogP contribution in [0.4, 0.5) is 0 Å². The summed E-state index contributed by atoms with van der Waals surface area (Å²) in [6.07, 6.45) is 1.77. The molecule has 0 amide bonds. The SMILES string of the molecule is COc1cc2nc3c4[nH]c5ccccc5c4ccn3c(=O)c2cc1OC. The van der Waals surface area contributed by atoms with Crippen LogP contribution in [0.3, 0.4) is 0 Å². The minimum absolute atomic E-state index is 0.147. The number of ether oxygens (including phenoxy) is 2. The largest absolute Gasteiger partial charge is 0.493 e. The number of rotatable bonds is 2. The number of fused-ring (bicyclic) bond motifs is 6. The van der Waals surface area contributed by atoms with Crippen LogP contribution in [0.15, 0.2) is 53.5 Å². The summed E-state index contributed by atoms with van der Waals surface area (Å²) in [7, 11) is 3.11. The molecule has 0 bridgehead atoms. The highest BCUT2D eigenvalue weighted by molar-refractivity contribution is 6.11. The molecule has 0 atom stereocenters. The van der Waals surface area contributed by atoms with Crippen LogP contribution in [0.2, 0.25) is 0 Å². The van der Waals surface area contributed by atoms with E-state index >= 15 is 0 Å². The van der Waals surface area contributed by atoms with Gasteiger partial charge < -0.3 is 14.5 Å². The summed E-state index contributed by atoms with van der Waals surface area (Å²) in [6.45, 7) is 0. The van der Waals surface area contributed by atoms with Gasteiger partial charge in [0.25, 0.3) is 5.56 Å². The van der Waals surface area contributed by atoms with Gasteiger partial charge in [0.15, 0.2) is 17.1 Å². The van der Waals surface area contributed by atoms with Gasteiger partial charge in [-0.1, -0.05) is 18.2 Å². The van der Waals surface area contributed by atoms with Gasteiger partial charge in [-0.25, -0.2) is 4.98 Å². The summed E-state index contributed by atoms with van der Waals surface area (Å²) < 4.78 is 12.2. The van der Waals surface area contributed by atoms with Crippen molar-refractivity contribution in [1.29, 1.82) is 0 Å². The lowest BCUT2D eigenvalue weighted by atomic mass is 10.2. The quantitative estimate of drug-likeness (QED) is 0.497. The number of aromatic amines is 1. The Labute approximate surface area is 147 Å². The Balaban J connectivity index is 1.98. The Kier molecular flexibility index (Phi) is 2.97. The average molecular weight is 345 g/mol. The molecule has 1 N–H and O–H groups in total. The van der Waals surface area contributed by atoms with Gasteiger partial charge in [0, 0.05) is 28.6 Å². The highest BCUT2D eigenvalue weighted by atomic mass is 16.5. The molecule has 0 aliphatic heterocycles. The molecule has 3 heterocycles. The van der Waals surface area contributed by atoms with E-state index < -0.39 is 0 Å². The monoisotopic (exact) mass is 345 g/mol. The van der Waals surface area contributed by atoms with Gasteiger partial charge >= 0.3 is 0 Å². The third-order valence-electron chi connectivity index (χ3n) is 4.77. The Morgan fingerprint density at radius 1 is 0.962 bits per heavy atom. The number of benzene rings is 2. The predicted molar refractivity (Wildman–Crippen MR) is 101 cm³/mol. The highest BCUT2D eigenvalue weighted by Gasteiger charge is 2.15. The molecule has 6 nitrogen and oxygen atoms in total. The minimum Gasteiger partial charge on any atom is -0.493 e. The van der Waals surface area contributed by atoms with Crippen molar-refractivity contribution in [2.75, 3.05) is 14.2 Å². The van der Waals surface area contributed by atoms with Crippen LogP contribution in [0.25, 0.3) is 38.4 Å². The first kappa shape index (κ1) is 14.8. The lowest BCUT2D eigenvalue weighted by Gasteiger charge is -2.10. The lowest BCUT2D eigenvalue weighted by molar-refractivity contribution is 0.355. The van der Waals surface area contributed by atoms with E-state index in [9.17, 15) is 4.79 Å². The fraction of sp³-hybridized carbons (Fsp3) is 0.100. The van der Waals surface area contributed by atoms with E-state index in [1.54, 1.807) is 36.9 Å². The molecule has 0 fully saturated rings. The van der Waals surface area contributed by atoms with Crippen molar-refractivity contribution in [2.45, 2.75) is 0 Å². The van der Waals surface area contributed by atoms with Crippen molar-refractivity contribution < 1.29 is 9.47 Å². The molecule has 2 aromatic carbocycles. The molecule has 6 heteroatoms. The smallest absolute Gasteiger partial charge is 0.265 e. The number of methoxy groups -OCH3 is 2. The second-order valence-electron chi connectivity index (χ2n) is 6.11. The third-order valence-corrected chi connectivity index (χ3v) is 4.77. The molecular weight excluding hydrogens is 330 g/mol. The Morgan fingerprint density at radius 2 is 1.73 bits per heavy atom. The zero-order valence-corrected chi connectivity index (χ0v) is 14.2. The number of nitrogens with one attached hydrogen (secondary N) is 1. The van der Waals surface area contributed by atoms with E-state index in [2.05, 4.69) is 11.1 Å². The van der Waals surface area contributed by atoms with Crippen LogP contribution in [-0.2, 0) is 0 Å². The van der Waals surface area contributed by atoms with E-state index in [0.29, 0.717) is 28.0 Å². The lowest BCUT2D eigenvalue weighted by Crippen LogP contribution is -2.15. The summed E-state index contributed by atoms with van der Waals surface area (Å²) in [6, 6.07) is 13.4. The Hall–Kier alpha value is -3.54. The zero-order chi connectivity index (χ0) is 17.8. The normalized spacial score (nSPS) is 11.6. The van der Waals surface area contributed by atoms with Gasteiger partial charge in [0.1, 0.15) is 0 Å². The standard InChI is InChI=1S/C20H15N3O3/c1-25-16-9-13-15(10-17(16)26-2)22-19-18-12(7-8-23(19)20(13)24)11-5-3-4-6-14(11)21-18/h3-10,21H,1-2H3. The molecule has 0 aliphatic rings. The molecule has 26 heavy (non-hydrogen) atoms. The number of hydrogen-bond donors (Lipinski definition) is 1. The van der Waals surface area contributed by atoms with Crippen LogP contribution in [0.1, 0.15) is 0 Å². The third kappa shape index (κ3) is 1.86. The van der Waals surface area contributed by atoms with E-state index in [1.165, 1.54) is 0 Å². The van der Waals surface area contributed by atoms with Crippen molar-refractivity contribution >= 4 is 38.4 Å². The summed E-state index contributed by atoms with van der Waals surface area (Å²) >= 11 is 0. The fourth-order valence-electron chi connectivity index (χ4n) is 3.50. The summed E-state index contributed by atoms with van der Waals surface area (Å²) in [4.78, 5) is 21.2. The summed E-state index contributed by atoms with van der Waals surface area (Å²) in [5, 5.41) is 2.62. The number of aromatic nitrogens is 3. The number of H-pyrrole nitrogens is 1. The van der Waals surface area contributed by atoms with Crippen molar-refractivity contribution in [3.8, 4) is 11.5 Å². The van der Waals surface area contributed by atoms with Gasteiger partial charge in [-0.3, -0.25) is 9.20 Å². The molecule has 0 radical (unpaired) electrons. The van der Waals surface area contributed by atoms with Crippen molar-refractivity contribution in [2.24, 2.45) is 0 Å². The maximum atomic E-state index is 13.0. The molecular formula is C20H15N3O3. The maximum absolute atomic E-state index is 13.0. The molecule has 0 aliphatic carbocycles. The minimum atomic E-state index is -0.147. The molecule has 128 valence electrons. The second kappa shape index (κ2) is 5.23. The fourth-order valence-corrected chi connectivity index (χ4v) is 3.50. The molecule has 0 unspecified atom stereocenters. The molecule has 0 saturated carbocycles. The van der Waals surface area contributed by atoms with Crippen molar-refractivity contribution in [3.63, 3.8) is 0 Å². The van der Waals surface area contributed by atoms with Crippen molar-refractivity contribution in [3.05, 3.63) is 59.0 Å². The molecule has 3 aromatic heterocycles. The second-order valence-corrected chi connectivity index (χ2v) is 6.11. The van der Waals surface area contributed by atoms with Crippen LogP contribution in [0, 0.1) is 0 Å². The van der Waals surface area contributed by atoms with Crippen LogP contribution < -0.4 is 15.0 Å². The van der Waals surface area contributed by atoms with Gasteiger partial charge in [-0.2, -0.15) is 0 Å². The predicted octanol–water partition coefficient (Wildman–Crippen LogP) is 3.50. The van der Waals surface area contributed by atoms with Crippen LogP contribution in [0.5, 0.6) is 11.5 Å². The number of para-hydroxylation sites is 1. The first-order valence-electron chi connectivity index (χ1n) is 8.19. The maximum Gasteiger partial charge on any atom is 0.265 e. The summed E-state index contributed by atoms with van der Waals surface area (Å²) in [5.41, 5.74) is 2.86. The molecule has 5 aromatic rings. The van der Waals surface area contributed by atoms with E-state index in [4.69, 9.17) is 14.5 Å². The molecule has 0 spiro atoms. The number of hydrogen-bond acceptors (Lipinski definition) is 4. The molecule has 5 rings (SSSR count). The van der Waals surface area contributed by atoms with Gasteiger partial charge in [0.05, 0.1) is 30.6 Å². The highest BCUT2D eigenvalue weighted by Crippen LogP contribution is 2.32. The number of nitrogens with zero attached hydrogens (tertiary/aromatic N) is 2. The molecule has 0 saturated heterocycles. The number of pyridine rings is 1. The van der Waals surface area contributed by atoms with Crippen LogP contribution >= 0.6 is 0 Å².